The van der Waals surface area contributed by atoms with E-state index in [1.807, 2.05) is 42.6 Å². The molecule has 0 saturated carbocycles. The van der Waals surface area contributed by atoms with Crippen LogP contribution in [0.15, 0.2) is 40.2 Å². The zero-order valence-electron chi connectivity index (χ0n) is 13.3. The molecule has 1 aliphatic heterocycles. The van der Waals surface area contributed by atoms with Crippen LogP contribution in [-0.4, -0.2) is 47.9 Å². The highest BCUT2D eigenvalue weighted by Gasteiger charge is 2.26. The van der Waals surface area contributed by atoms with Crippen LogP contribution in [0.2, 0.25) is 0 Å². The number of nitrogens with zero attached hydrogens (tertiary/aromatic N) is 2. The molecule has 0 radical (unpaired) electrons. The molecule has 1 aromatic carbocycles. The molecular formula is C17H18BrN3O2S. The Morgan fingerprint density at radius 3 is 2.46 bits per heavy atom. The maximum Gasteiger partial charge on any atom is 0.321 e. The molecule has 5 nitrogen and oxygen atoms in total. The first-order valence-corrected chi connectivity index (χ1v) is 9.37. The van der Waals surface area contributed by atoms with Crippen LogP contribution >= 0.6 is 27.3 Å². The smallest absolute Gasteiger partial charge is 0.321 e. The van der Waals surface area contributed by atoms with Crippen molar-refractivity contribution < 1.29 is 9.59 Å². The maximum atomic E-state index is 12.5. The second-order valence-corrected chi connectivity index (χ2v) is 7.45. The second-order valence-electron chi connectivity index (χ2n) is 5.68. The van der Waals surface area contributed by atoms with Gasteiger partial charge in [-0.3, -0.25) is 4.79 Å². The van der Waals surface area contributed by atoms with Crippen molar-refractivity contribution in [2.24, 2.45) is 0 Å². The van der Waals surface area contributed by atoms with Gasteiger partial charge in [0.25, 0.3) is 5.91 Å². The fraction of sp³-hybridized carbons (Fsp3) is 0.294. The van der Waals surface area contributed by atoms with Crippen LogP contribution in [0.4, 0.5) is 10.5 Å². The average Bonchev–Trinajstić information content (AvgIpc) is 3.00. The minimum atomic E-state index is -0.120. The lowest BCUT2D eigenvalue weighted by atomic mass is 10.2. The normalized spacial score (nSPS) is 14.6. The summed E-state index contributed by atoms with van der Waals surface area (Å²) in [4.78, 5) is 29.1. The van der Waals surface area contributed by atoms with E-state index in [1.165, 1.54) is 11.3 Å². The number of urea groups is 1. The van der Waals surface area contributed by atoms with Crippen LogP contribution in [0.5, 0.6) is 0 Å². The summed E-state index contributed by atoms with van der Waals surface area (Å²) in [7, 11) is 0. The Kier molecular flexibility index (Phi) is 5.20. The monoisotopic (exact) mass is 407 g/mol. The van der Waals surface area contributed by atoms with Crippen molar-refractivity contribution in [1.29, 1.82) is 0 Å². The van der Waals surface area contributed by atoms with E-state index in [2.05, 4.69) is 21.2 Å². The van der Waals surface area contributed by atoms with Crippen molar-refractivity contribution >= 4 is 44.9 Å². The zero-order chi connectivity index (χ0) is 17.1. The third-order valence-corrected chi connectivity index (χ3v) is 5.76. The molecule has 126 valence electrons. The average molecular weight is 408 g/mol. The third kappa shape index (κ3) is 3.79. The minimum absolute atomic E-state index is 0.0237. The van der Waals surface area contributed by atoms with E-state index in [0.717, 1.165) is 15.7 Å². The lowest BCUT2D eigenvalue weighted by Crippen LogP contribution is -2.51. The molecule has 0 aliphatic carbocycles. The Bertz CT molecular complexity index is 754. The van der Waals surface area contributed by atoms with Gasteiger partial charge in [0.05, 0.1) is 0 Å². The molecule has 1 aromatic heterocycles. The molecule has 3 rings (SSSR count). The highest BCUT2D eigenvalue weighted by Crippen LogP contribution is 2.24. The van der Waals surface area contributed by atoms with Crippen molar-refractivity contribution in [3.8, 4) is 0 Å². The number of thiophene rings is 1. The van der Waals surface area contributed by atoms with Gasteiger partial charge in [-0.05, 0) is 52.0 Å². The van der Waals surface area contributed by atoms with Gasteiger partial charge in [-0.25, -0.2) is 4.79 Å². The maximum absolute atomic E-state index is 12.5. The summed E-state index contributed by atoms with van der Waals surface area (Å²) in [5.74, 6) is 0.0237. The van der Waals surface area contributed by atoms with Crippen LogP contribution in [0, 0.1) is 6.92 Å². The van der Waals surface area contributed by atoms with Crippen molar-refractivity contribution in [3.05, 3.63) is 50.6 Å². The van der Waals surface area contributed by atoms with Gasteiger partial charge in [0.15, 0.2) is 0 Å². The molecule has 0 atom stereocenters. The first-order valence-electron chi connectivity index (χ1n) is 7.69. The van der Waals surface area contributed by atoms with Crippen LogP contribution in [0.1, 0.15) is 15.2 Å². The molecule has 24 heavy (non-hydrogen) atoms. The van der Waals surface area contributed by atoms with Crippen molar-refractivity contribution in [3.63, 3.8) is 0 Å². The molecule has 1 saturated heterocycles. The lowest BCUT2D eigenvalue weighted by molar-refractivity contribution is 0.0675. The van der Waals surface area contributed by atoms with E-state index < -0.39 is 0 Å². The molecule has 7 heteroatoms. The van der Waals surface area contributed by atoms with E-state index in [1.54, 1.807) is 9.80 Å². The standard InChI is InChI=1S/C17H18BrN3O2S/c1-12-3-2-4-13(11-12)19-17(23)21-8-6-20(7-9-21)16(22)15-14(18)5-10-24-15/h2-5,10-11H,6-9H2,1H3,(H,19,23). The van der Waals surface area contributed by atoms with Gasteiger partial charge in [-0.2, -0.15) is 0 Å². The van der Waals surface area contributed by atoms with Crippen LogP contribution in [-0.2, 0) is 0 Å². The Morgan fingerprint density at radius 1 is 1.12 bits per heavy atom. The molecular weight excluding hydrogens is 390 g/mol. The van der Waals surface area contributed by atoms with E-state index >= 15 is 0 Å². The third-order valence-electron chi connectivity index (χ3n) is 3.93. The summed E-state index contributed by atoms with van der Waals surface area (Å²) < 4.78 is 0.831. The molecule has 3 amide bonds. The molecule has 0 spiro atoms. The first kappa shape index (κ1) is 17.0. The Hall–Kier alpha value is -1.86. The summed E-state index contributed by atoms with van der Waals surface area (Å²) >= 11 is 4.83. The Labute approximate surface area is 153 Å². The SMILES string of the molecule is Cc1cccc(NC(=O)N2CCN(C(=O)c3sccc3Br)CC2)c1. The predicted molar refractivity (Wildman–Crippen MR) is 99.7 cm³/mol. The van der Waals surface area contributed by atoms with Crippen LogP contribution in [0.3, 0.4) is 0 Å². The number of carbonyl (C=O) groups excluding carboxylic acids is 2. The number of rotatable bonds is 2. The quantitative estimate of drug-likeness (QED) is 0.822. The van der Waals surface area contributed by atoms with Gasteiger partial charge < -0.3 is 15.1 Å². The summed E-state index contributed by atoms with van der Waals surface area (Å²) in [6.45, 7) is 4.15. The van der Waals surface area contributed by atoms with Crippen molar-refractivity contribution in [1.82, 2.24) is 9.80 Å². The van der Waals surface area contributed by atoms with Gasteiger partial charge >= 0.3 is 6.03 Å². The molecule has 1 N–H and O–H groups in total. The molecule has 1 aliphatic rings. The van der Waals surface area contributed by atoms with Gasteiger partial charge in [0.1, 0.15) is 4.88 Å². The molecule has 1 fully saturated rings. The number of hydrogen-bond donors (Lipinski definition) is 1. The largest absolute Gasteiger partial charge is 0.334 e. The highest BCUT2D eigenvalue weighted by molar-refractivity contribution is 9.10. The van der Waals surface area contributed by atoms with Crippen molar-refractivity contribution in [2.45, 2.75) is 6.92 Å². The summed E-state index contributed by atoms with van der Waals surface area (Å²) in [6.07, 6.45) is 0. The van der Waals surface area contributed by atoms with E-state index in [4.69, 9.17) is 0 Å². The predicted octanol–water partition coefficient (Wildman–Crippen LogP) is 3.81. The first-order chi connectivity index (χ1) is 11.5. The van der Waals surface area contributed by atoms with Gasteiger partial charge in [0, 0.05) is 36.3 Å². The number of nitrogens with one attached hydrogen (secondary N) is 1. The highest BCUT2D eigenvalue weighted by atomic mass is 79.9. The fourth-order valence-corrected chi connectivity index (χ4v) is 4.14. The van der Waals surface area contributed by atoms with Crippen molar-refractivity contribution in [2.75, 3.05) is 31.5 Å². The zero-order valence-corrected chi connectivity index (χ0v) is 15.7. The number of halogens is 1. The van der Waals surface area contributed by atoms with E-state index in [-0.39, 0.29) is 11.9 Å². The molecule has 2 heterocycles. The minimum Gasteiger partial charge on any atom is -0.334 e. The summed E-state index contributed by atoms with van der Waals surface area (Å²) in [6, 6.07) is 9.47. The number of anilines is 1. The fourth-order valence-electron chi connectivity index (χ4n) is 2.63. The van der Waals surface area contributed by atoms with Gasteiger partial charge in [-0.15, -0.1) is 11.3 Å². The number of amides is 3. The Morgan fingerprint density at radius 2 is 1.83 bits per heavy atom. The second kappa shape index (κ2) is 7.36. The van der Waals surface area contributed by atoms with Gasteiger partial charge in [0.2, 0.25) is 0 Å². The topological polar surface area (TPSA) is 52.7 Å². The number of aryl methyl sites for hydroxylation is 1. The van der Waals surface area contributed by atoms with Gasteiger partial charge in [-0.1, -0.05) is 12.1 Å². The molecule has 0 bridgehead atoms. The summed E-state index contributed by atoms with van der Waals surface area (Å²) in [5.41, 5.74) is 1.89. The molecule has 0 unspecified atom stereocenters. The molecule has 2 aromatic rings. The van der Waals surface area contributed by atoms with Crippen LogP contribution < -0.4 is 5.32 Å². The number of carbonyl (C=O) groups is 2. The van der Waals surface area contributed by atoms with Crippen LogP contribution in [0.25, 0.3) is 0 Å². The van der Waals surface area contributed by atoms with E-state index in [0.29, 0.717) is 31.1 Å². The lowest BCUT2D eigenvalue weighted by Gasteiger charge is -2.34. The number of piperazine rings is 1. The Balaban J connectivity index is 1.56. The van der Waals surface area contributed by atoms with E-state index in [9.17, 15) is 9.59 Å². The summed E-state index contributed by atoms with van der Waals surface area (Å²) in [5, 5.41) is 4.80. The number of hydrogen-bond acceptors (Lipinski definition) is 3. The number of benzene rings is 1.